The fraction of sp³-hybridized carbons (Fsp3) is 0.158. The molecule has 2 aromatic carbocycles. The number of carbonyl (C=O) groups excluding carboxylic acids is 2. The van der Waals surface area contributed by atoms with Crippen LogP contribution in [-0.2, 0) is 9.59 Å². The van der Waals surface area contributed by atoms with Crippen molar-refractivity contribution in [2.24, 2.45) is 0 Å². The highest BCUT2D eigenvalue weighted by Gasteiger charge is 2.26. The summed E-state index contributed by atoms with van der Waals surface area (Å²) in [5, 5.41) is 12.4. The predicted molar refractivity (Wildman–Crippen MR) is 106 cm³/mol. The summed E-state index contributed by atoms with van der Waals surface area (Å²) in [6.07, 6.45) is 1.00. The Morgan fingerprint density at radius 1 is 1.15 bits per heavy atom. The van der Waals surface area contributed by atoms with Crippen LogP contribution < -0.4 is 14.8 Å². The number of ether oxygens (including phenoxy) is 2. The lowest BCUT2D eigenvalue weighted by atomic mass is 10.1. The Hall–Kier alpha value is -2.39. The first-order chi connectivity index (χ1) is 12.2. The number of nitrogens with one attached hydrogen (secondary N) is 1. The molecule has 0 spiro atoms. The van der Waals surface area contributed by atoms with Crippen molar-refractivity contribution in [3.8, 4) is 17.2 Å². The van der Waals surface area contributed by atoms with Gasteiger partial charge < -0.3 is 19.9 Å². The summed E-state index contributed by atoms with van der Waals surface area (Å²) < 4.78 is 12.0. The number of amides is 1. The highest BCUT2D eigenvalue weighted by molar-refractivity contribution is 14.1. The normalized spacial score (nSPS) is 10.8. The molecule has 0 aliphatic heterocycles. The van der Waals surface area contributed by atoms with Crippen LogP contribution in [0.2, 0.25) is 0 Å². The van der Waals surface area contributed by atoms with Gasteiger partial charge in [-0.1, -0.05) is 24.8 Å². The van der Waals surface area contributed by atoms with E-state index in [0.29, 0.717) is 5.75 Å². The molecule has 0 aliphatic rings. The zero-order valence-corrected chi connectivity index (χ0v) is 16.4. The van der Waals surface area contributed by atoms with Gasteiger partial charge in [-0.15, -0.1) is 0 Å². The summed E-state index contributed by atoms with van der Waals surface area (Å²) in [6, 6.07) is 12.1. The van der Waals surface area contributed by atoms with Crippen LogP contribution in [0.5, 0.6) is 17.2 Å². The van der Waals surface area contributed by atoms with E-state index in [0.717, 1.165) is 9.65 Å². The highest BCUT2D eigenvalue weighted by Crippen LogP contribution is 2.39. The topological polar surface area (TPSA) is 84.9 Å². The second-order valence-corrected chi connectivity index (χ2v) is 6.97. The molecule has 0 atom stereocenters. The molecule has 0 bridgehead atoms. The van der Waals surface area contributed by atoms with Gasteiger partial charge in [-0.2, -0.15) is 0 Å². The average Bonchev–Trinajstić information content (AvgIpc) is 2.58. The molecule has 0 aliphatic carbocycles. The monoisotopic (exact) mass is 467 g/mol. The number of aliphatic hydroxyl groups is 1. The van der Waals surface area contributed by atoms with Gasteiger partial charge in [0.05, 0.1) is 9.26 Å². The van der Waals surface area contributed by atoms with E-state index in [4.69, 9.17) is 9.47 Å². The van der Waals surface area contributed by atoms with Crippen LogP contribution in [0.3, 0.4) is 0 Å². The molecular formula is C19H18INO5. The third kappa shape index (κ3) is 5.06. The lowest BCUT2D eigenvalue weighted by Crippen LogP contribution is -2.36. The number of hydrogen-bond donors (Lipinski definition) is 2. The summed E-state index contributed by atoms with van der Waals surface area (Å²) in [5.74, 6) is -0.537. The van der Waals surface area contributed by atoms with Gasteiger partial charge in [0.2, 0.25) is 0 Å². The smallest absolute Gasteiger partial charge is 0.335 e. The maximum Gasteiger partial charge on any atom is 0.335 e. The van der Waals surface area contributed by atoms with Gasteiger partial charge in [-0.3, -0.25) is 4.79 Å². The van der Waals surface area contributed by atoms with Gasteiger partial charge in [0, 0.05) is 6.08 Å². The van der Waals surface area contributed by atoms with E-state index in [1.165, 1.54) is 19.9 Å². The van der Waals surface area contributed by atoms with Crippen molar-refractivity contribution in [2.45, 2.75) is 19.4 Å². The van der Waals surface area contributed by atoms with Crippen molar-refractivity contribution < 1.29 is 24.2 Å². The average molecular weight is 467 g/mol. The second-order valence-electron chi connectivity index (χ2n) is 5.80. The van der Waals surface area contributed by atoms with E-state index in [2.05, 4.69) is 34.5 Å². The molecule has 0 heterocycles. The first-order valence-corrected chi connectivity index (χ1v) is 8.73. The van der Waals surface area contributed by atoms with Crippen LogP contribution in [0.15, 0.2) is 55.1 Å². The quantitative estimate of drug-likeness (QED) is 0.292. The Balaban J connectivity index is 2.45. The molecule has 2 rings (SSSR count). The summed E-state index contributed by atoms with van der Waals surface area (Å²) in [7, 11) is 0. The van der Waals surface area contributed by atoms with E-state index >= 15 is 0 Å². The van der Waals surface area contributed by atoms with E-state index < -0.39 is 17.5 Å². The fourth-order valence-corrected chi connectivity index (χ4v) is 2.36. The number of para-hydroxylation sites is 2. The minimum atomic E-state index is -1.61. The Kier molecular flexibility index (Phi) is 6.38. The van der Waals surface area contributed by atoms with Gasteiger partial charge in [0.1, 0.15) is 11.4 Å². The van der Waals surface area contributed by atoms with E-state index in [-0.39, 0.29) is 17.2 Å². The molecule has 0 saturated carbocycles. The first-order valence-electron chi connectivity index (χ1n) is 7.66. The Bertz CT molecular complexity index is 842. The minimum Gasteiger partial charge on any atom is -0.452 e. The molecule has 6 nitrogen and oxygen atoms in total. The molecule has 0 saturated heterocycles. The molecule has 0 unspecified atom stereocenters. The number of esters is 1. The van der Waals surface area contributed by atoms with Crippen molar-refractivity contribution in [1.82, 2.24) is 0 Å². The zero-order valence-electron chi connectivity index (χ0n) is 14.3. The molecule has 0 radical (unpaired) electrons. The minimum absolute atomic E-state index is 0.0228. The van der Waals surface area contributed by atoms with Crippen LogP contribution in [0.4, 0.5) is 5.69 Å². The number of hydrogen-bond acceptors (Lipinski definition) is 5. The highest BCUT2D eigenvalue weighted by atomic mass is 127. The van der Waals surface area contributed by atoms with Crippen molar-refractivity contribution in [3.05, 3.63) is 58.7 Å². The number of carbonyl (C=O) groups is 2. The molecule has 26 heavy (non-hydrogen) atoms. The van der Waals surface area contributed by atoms with Crippen LogP contribution in [0.1, 0.15) is 13.8 Å². The number of anilines is 1. The van der Waals surface area contributed by atoms with E-state index in [1.54, 1.807) is 18.2 Å². The Morgan fingerprint density at radius 3 is 2.42 bits per heavy atom. The largest absolute Gasteiger partial charge is 0.452 e. The molecule has 0 aromatic heterocycles. The maximum atomic E-state index is 12.1. The van der Waals surface area contributed by atoms with Crippen molar-refractivity contribution in [3.63, 3.8) is 0 Å². The second kappa shape index (κ2) is 8.33. The van der Waals surface area contributed by atoms with Crippen LogP contribution in [0.25, 0.3) is 0 Å². The van der Waals surface area contributed by atoms with Crippen LogP contribution in [0, 0.1) is 3.57 Å². The molecular weight excluding hydrogens is 449 g/mol. The summed E-state index contributed by atoms with van der Waals surface area (Å²) in [5.41, 5.74) is -1.42. The van der Waals surface area contributed by atoms with Crippen molar-refractivity contribution >= 4 is 40.2 Å². The Labute approximate surface area is 165 Å². The number of halogens is 1. The standard InChI is InChI=1S/C19H18INO5/c1-4-16(22)26-17-13(21-18(23)19(2,3)24)9-7-11-15(17)25-14-10-6-5-8-12(14)20/h4-11,24H,1H2,2-3H3,(H,21,23). The lowest BCUT2D eigenvalue weighted by Gasteiger charge is -2.19. The SMILES string of the molecule is C=CC(=O)Oc1c(NC(=O)C(C)(C)O)cccc1Oc1ccccc1I. The van der Waals surface area contributed by atoms with Crippen molar-refractivity contribution in [1.29, 1.82) is 0 Å². The third-order valence-electron chi connectivity index (χ3n) is 3.21. The summed E-state index contributed by atoms with van der Waals surface area (Å²) >= 11 is 2.12. The molecule has 2 aromatic rings. The van der Waals surface area contributed by atoms with Crippen LogP contribution >= 0.6 is 22.6 Å². The molecule has 0 fully saturated rings. The lowest BCUT2D eigenvalue weighted by molar-refractivity contribution is -0.131. The summed E-state index contributed by atoms with van der Waals surface area (Å²) in [4.78, 5) is 23.8. The number of benzene rings is 2. The number of rotatable bonds is 6. The van der Waals surface area contributed by atoms with Gasteiger partial charge in [0.15, 0.2) is 11.5 Å². The predicted octanol–water partition coefficient (Wildman–Crippen LogP) is 3.88. The van der Waals surface area contributed by atoms with Gasteiger partial charge in [-0.25, -0.2) is 4.79 Å². The zero-order chi connectivity index (χ0) is 19.3. The van der Waals surface area contributed by atoms with Gasteiger partial charge >= 0.3 is 5.97 Å². The van der Waals surface area contributed by atoms with E-state index in [1.807, 2.05) is 18.2 Å². The molecule has 7 heteroatoms. The summed E-state index contributed by atoms with van der Waals surface area (Å²) in [6.45, 7) is 6.07. The molecule has 2 N–H and O–H groups in total. The Morgan fingerprint density at radius 2 is 1.81 bits per heavy atom. The third-order valence-corrected chi connectivity index (χ3v) is 4.10. The van der Waals surface area contributed by atoms with Gasteiger partial charge in [-0.05, 0) is 60.7 Å². The first kappa shape index (κ1) is 19.9. The van der Waals surface area contributed by atoms with Crippen molar-refractivity contribution in [2.75, 3.05) is 5.32 Å². The van der Waals surface area contributed by atoms with Crippen LogP contribution in [-0.4, -0.2) is 22.6 Å². The molecule has 136 valence electrons. The fourth-order valence-electron chi connectivity index (χ4n) is 1.86. The van der Waals surface area contributed by atoms with E-state index in [9.17, 15) is 14.7 Å². The van der Waals surface area contributed by atoms with Gasteiger partial charge in [0.25, 0.3) is 5.91 Å². The maximum absolute atomic E-state index is 12.1. The molecule has 1 amide bonds.